The van der Waals surface area contributed by atoms with Crippen LogP contribution in [0.4, 0.5) is 0 Å². The first-order valence-corrected chi connectivity index (χ1v) is 7.82. The molecule has 0 atom stereocenters. The van der Waals surface area contributed by atoms with E-state index in [1.165, 1.54) is 6.42 Å². The third kappa shape index (κ3) is 3.29. The van der Waals surface area contributed by atoms with Crippen molar-refractivity contribution in [3.05, 3.63) is 29.8 Å². The van der Waals surface area contributed by atoms with Gasteiger partial charge >= 0.3 is 0 Å². The first kappa shape index (κ1) is 13.5. The Bertz CT molecular complexity index is 399. The Labute approximate surface area is 114 Å². The van der Waals surface area contributed by atoms with Crippen LogP contribution in [0.1, 0.15) is 43.0 Å². The van der Waals surface area contributed by atoms with Crippen LogP contribution in [0.25, 0.3) is 0 Å². The molecule has 1 fully saturated rings. The molecule has 2 rings (SSSR count). The average Bonchev–Trinajstić information content (AvgIpc) is 2.45. The van der Waals surface area contributed by atoms with E-state index < -0.39 is 0 Å². The van der Waals surface area contributed by atoms with Crippen molar-refractivity contribution in [3.8, 4) is 0 Å². The lowest BCUT2D eigenvalue weighted by Crippen LogP contribution is -2.35. The van der Waals surface area contributed by atoms with Gasteiger partial charge in [0.2, 0.25) is 0 Å². The highest BCUT2D eigenvalue weighted by atomic mass is 32.2. The van der Waals surface area contributed by atoms with Crippen molar-refractivity contribution in [2.75, 3.05) is 18.8 Å². The van der Waals surface area contributed by atoms with Crippen LogP contribution in [0.15, 0.2) is 29.2 Å². The zero-order chi connectivity index (χ0) is 12.8. The van der Waals surface area contributed by atoms with Gasteiger partial charge in [0.05, 0.1) is 5.56 Å². The van der Waals surface area contributed by atoms with Gasteiger partial charge in [0.25, 0.3) is 5.91 Å². The van der Waals surface area contributed by atoms with E-state index in [-0.39, 0.29) is 5.91 Å². The molecule has 1 aromatic rings. The number of nitrogens with zero attached hydrogens (tertiary/aromatic N) is 1. The summed E-state index contributed by atoms with van der Waals surface area (Å²) < 4.78 is 0. The van der Waals surface area contributed by atoms with Crippen LogP contribution in [0.3, 0.4) is 0 Å². The van der Waals surface area contributed by atoms with Gasteiger partial charge in [-0.1, -0.05) is 19.1 Å². The maximum absolute atomic E-state index is 12.5. The number of hydrogen-bond donors (Lipinski definition) is 0. The van der Waals surface area contributed by atoms with Gasteiger partial charge in [0.1, 0.15) is 0 Å². The lowest BCUT2D eigenvalue weighted by molar-refractivity contribution is 0.0721. The third-order valence-electron chi connectivity index (χ3n) is 3.22. The van der Waals surface area contributed by atoms with Crippen LogP contribution in [-0.2, 0) is 0 Å². The number of carbonyl (C=O) groups is 1. The van der Waals surface area contributed by atoms with Crippen LogP contribution in [-0.4, -0.2) is 29.6 Å². The molecule has 18 heavy (non-hydrogen) atoms. The van der Waals surface area contributed by atoms with Crippen LogP contribution < -0.4 is 0 Å². The molecule has 0 radical (unpaired) electrons. The minimum Gasteiger partial charge on any atom is -0.339 e. The summed E-state index contributed by atoms with van der Waals surface area (Å²) in [4.78, 5) is 15.6. The molecule has 0 N–H and O–H groups in total. The van der Waals surface area contributed by atoms with E-state index in [0.29, 0.717) is 0 Å². The van der Waals surface area contributed by atoms with E-state index >= 15 is 0 Å². The summed E-state index contributed by atoms with van der Waals surface area (Å²) in [5.41, 5.74) is 0.887. The van der Waals surface area contributed by atoms with Gasteiger partial charge in [0, 0.05) is 18.0 Å². The molecule has 98 valence electrons. The quantitative estimate of drug-likeness (QED) is 0.770. The van der Waals surface area contributed by atoms with Gasteiger partial charge in [0.15, 0.2) is 0 Å². The highest BCUT2D eigenvalue weighted by Crippen LogP contribution is 2.25. The van der Waals surface area contributed by atoms with Gasteiger partial charge in [-0.15, -0.1) is 11.8 Å². The second-order valence-corrected chi connectivity index (χ2v) is 5.83. The van der Waals surface area contributed by atoms with Crippen molar-refractivity contribution < 1.29 is 4.79 Å². The van der Waals surface area contributed by atoms with Gasteiger partial charge < -0.3 is 4.90 Å². The fraction of sp³-hybridized carbons (Fsp3) is 0.533. The molecule has 0 bridgehead atoms. The second kappa shape index (κ2) is 6.83. The predicted molar refractivity (Wildman–Crippen MR) is 77.2 cm³/mol. The maximum atomic E-state index is 12.5. The lowest BCUT2D eigenvalue weighted by Gasteiger charge is -2.27. The molecule has 1 aromatic carbocycles. The molecule has 2 nitrogen and oxygen atoms in total. The van der Waals surface area contributed by atoms with Gasteiger partial charge in [-0.2, -0.15) is 0 Å². The maximum Gasteiger partial charge on any atom is 0.254 e. The molecule has 3 heteroatoms. The van der Waals surface area contributed by atoms with Crippen LogP contribution in [0, 0.1) is 0 Å². The monoisotopic (exact) mass is 263 g/mol. The van der Waals surface area contributed by atoms with Crippen LogP contribution in [0.2, 0.25) is 0 Å². The summed E-state index contributed by atoms with van der Waals surface area (Å²) in [5, 5.41) is 0. The minimum absolute atomic E-state index is 0.217. The summed E-state index contributed by atoms with van der Waals surface area (Å²) in [6.45, 7) is 4.01. The number of benzene rings is 1. The van der Waals surface area contributed by atoms with Crippen molar-refractivity contribution in [1.29, 1.82) is 0 Å². The van der Waals surface area contributed by atoms with E-state index in [0.717, 1.165) is 48.6 Å². The van der Waals surface area contributed by atoms with Crippen molar-refractivity contribution in [1.82, 2.24) is 4.90 Å². The smallest absolute Gasteiger partial charge is 0.254 e. The Morgan fingerprint density at radius 2 is 1.94 bits per heavy atom. The van der Waals surface area contributed by atoms with Gasteiger partial charge in [-0.3, -0.25) is 4.79 Å². The van der Waals surface area contributed by atoms with Gasteiger partial charge in [-0.25, -0.2) is 0 Å². The highest BCUT2D eigenvalue weighted by Gasteiger charge is 2.20. The van der Waals surface area contributed by atoms with Crippen molar-refractivity contribution in [2.24, 2.45) is 0 Å². The molecule has 1 heterocycles. The molecule has 0 unspecified atom stereocenters. The number of piperidine rings is 1. The minimum atomic E-state index is 0.217. The van der Waals surface area contributed by atoms with E-state index in [4.69, 9.17) is 0 Å². The van der Waals surface area contributed by atoms with Crippen LogP contribution in [0.5, 0.6) is 0 Å². The third-order valence-corrected chi connectivity index (χ3v) is 4.50. The molecule has 1 saturated heterocycles. The Balaban J connectivity index is 2.12. The van der Waals surface area contributed by atoms with E-state index in [2.05, 4.69) is 13.0 Å². The van der Waals surface area contributed by atoms with Crippen molar-refractivity contribution in [2.45, 2.75) is 37.5 Å². The largest absolute Gasteiger partial charge is 0.339 e. The van der Waals surface area contributed by atoms with E-state index in [1.54, 1.807) is 11.8 Å². The van der Waals surface area contributed by atoms with E-state index in [9.17, 15) is 4.79 Å². The Morgan fingerprint density at radius 1 is 1.22 bits per heavy atom. The highest BCUT2D eigenvalue weighted by molar-refractivity contribution is 7.99. The van der Waals surface area contributed by atoms with Crippen molar-refractivity contribution >= 4 is 17.7 Å². The molecular weight excluding hydrogens is 242 g/mol. The standard InChI is InChI=1S/C15H21NOS/c1-2-12-18-14-9-5-4-8-13(14)15(17)16-10-6-3-7-11-16/h4-5,8-9H,2-3,6-7,10-12H2,1H3. The zero-order valence-corrected chi connectivity index (χ0v) is 11.8. The molecule has 1 aliphatic heterocycles. The summed E-state index contributed by atoms with van der Waals surface area (Å²) in [6.07, 6.45) is 4.69. The zero-order valence-electron chi connectivity index (χ0n) is 11.0. The number of likely N-dealkylation sites (tertiary alicyclic amines) is 1. The Morgan fingerprint density at radius 3 is 2.67 bits per heavy atom. The Hall–Kier alpha value is -0.960. The fourth-order valence-electron chi connectivity index (χ4n) is 2.25. The number of rotatable bonds is 4. The first-order chi connectivity index (χ1) is 8.83. The second-order valence-electron chi connectivity index (χ2n) is 4.70. The van der Waals surface area contributed by atoms with E-state index in [1.807, 2.05) is 23.1 Å². The molecule has 0 spiro atoms. The number of hydrogen-bond acceptors (Lipinski definition) is 2. The normalized spacial score (nSPS) is 15.7. The van der Waals surface area contributed by atoms with Crippen LogP contribution >= 0.6 is 11.8 Å². The molecule has 0 aliphatic carbocycles. The summed E-state index contributed by atoms with van der Waals surface area (Å²) in [5.74, 6) is 1.29. The summed E-state index contributed by atoms with van der Waals surface area (Å²) in [7, 11) is 0. The number of carbonyl (C=O) groups excluding carboxylic acids is 1. The predicted octanol–water partition coefficient (Wildman–Crippen LogP) is 3.81. The average molecular weight is 263 g/mol. The molecule has 1 amide bonds. The molecular formula is C15H21NOS. The molecule has 0 aromatic heterocycles. The molecule has 1 aliphatic rings. The van der Waals surface area contributed by atoms with Gasteiger partial charge in [-0.05, 0) is 43.6 Å². The summed E-state index contributed by atoms with van der Waals surface area (Å²) in [6, 6.07) is 8.02. The topological polar surface area (TPSA) is 20.3 Å². The lowest BCUT2D eigenvalue weighted by atomic mass is 10.1. The number of thioether (sulfide) groups is 1. The fourth-order valence-corrected chi connectivity index (χ4v) is 3.16. The Kier molecular flexibility index (Phi) is 5.12. The van der Waals surface area contributed by atoms with Crippen molar-refractivity contribution in [3.63, 3.8) is 0 Å². The summed E-state index contributed by atoms with van der Waals surface area (Å²) >= 11 is 1.79. The number of amides is 1. The first-order valence-electron chi connectivity index (χ1n) is 6.84. The SMILES string of the molecule is CCCSc1ccccc1C(=O)N1CCCCC1. The molecule has 0 saturated carbocycles.